The first-order chi connectivity index (χ1) is 16.8. The van der Waals surface area contributed by atoms with Crippen molar-refractivity contribution < 1.29 is 23.6 Å². The first-order valence-corrected chi connectivity index (χ1v) is 11.8. The smallest absolute Gasteiger partial charge is 0.280 e. The molecule has 2 heterocycles. The van der Waals surface area contributed by atoms with E-state index in [0.717, 1.165) is 11.1 Å². The van der Waals surface area contributed by atoms with Gasteiger partial charge in [-0.1, -0.05) is 36.1 Å². The number of ether oxygens (including phenoxy) is 2. The van der Waals surface area contributed by atoms with E-state index in [1.165, 1.54) is 17.8 Å². The molecule has 0 atom stereocenters. The van der Waals surface area contributed by atoms with E-state index in [9.17, 15) is 14.9 Å². The zero-order chi connectivity index (χ0) is 25.1. The first-order valence-electron chi connectivity index (χ1n) is 10.6. The van der Waals surface area contributed by atoms with E-state index < -0.39 is 4.92 Å². The summed E-state index contributed by atoms with van der Waals surface area (Å²) >= 11 is 6.63. The highest BCUT2D eigenvalue weighted by atomic mass is 32.2. The van der Waals surface area contributed by atoms with Gasteiger partial charge in [-0.15, -0.1) is 0 Å². The Bertz CT molecular complexity index is 1350. The molecular weight excluding hydrogens is 488 g/mol. The van der Waals surface area contributed by atoms with Crippen molar-refractivity contribution in [1.82, 2.24) is 4.90 Å². The first kappa shape index (κ1) is 24.5. The van der Waals surface area contributed by atoms with E-state index >= 15 is 0 Å². The van der Waals surface area contributed by atoms with Crippen LogP contribution < -0.4 is 9.47 Å². The number of thiocarbonyl (C=S) groups is 1. The van der Waals surface area contributed by atoms with E-state index in [2.05, 4.69) is 0 Å². The van der Waals surface area contributed by atoms with Crippen molar-refractivity contribution in [3.05, 3.63) is 80.4 Å². The van der Waals surface area contributed by atoms with Crippen LogP contribution in [0.1, 0.15) is 16.9 Å². The Labute approximate surface area is 211 Å². The predicted molar refractivity (Wildman–Crippen MR) is 139 cm³/mol. The standard InChI is InChI=1S/C25H22N2O6S2/c1-15-4-7-18(19(12-15)27(29)30)20-9-6-17(33-20)14-23-24(28)26(25(34)35-23)11-10-16-5-8-21(31-2)22(13-16)32-3/h4-9,12-14H,10-11H2,1-3H3. The third-order valence-electron chi connectivity index (χ3n) is 5.46. The van der Waals surface area contributed by atoms with Gasteiger partial charge in [0.1, 0.15) is 15.8 Å². The normalized spacial score (nSPS) is 14.6. The maximum Gasteiger partial charge on any atom is 0.280 e. The Balaban J connectivity index is 1.49. The molecule has 3 aromatic rings. The summed E-state index contributed by atoms with van der Waals surface area (Å²) in [7, 11) is 3.15. The fourth-order valence-electron chi connectivity index (χ4n) is 3.68. The van der Waals surface area contributed by atoms with E-state index in [0.29, 0.717) is 50.8 Å². The number of benzene rings is 2. The van der Waals surface area contributed by atoms with Crippen molar-refractivity contribution in [3.63, 3.8) is 0 Å². The minimum Gasteiger partial charge on any atom is -0.493 e. The maximum atomic E-state index is 13.0. The zero-order valence-electron chi connectivity index (χ0n) is 19.3. The van der Waals surface area contributed by atoms with Gasteiger partial charge in [0.05, 0.1) is 29.6 Å². The number of furan rings is 1. The Morgan fingerprint density at radius 2 is 1.89 bits per heavy atom. The number of nitro groups is 1. The Morgan fingerprint density at radius 1 is 1.11 bits per heavy atom. The monoisotopic (exact) mass is 510 g/mol. The summed E-state index contributed by atoms with van der Waals surface area (Å²) in [6, 6.07) is 13.9. The number of thioether (sulfide) groups is 1. The fraction of sp³-hybridized carbons (Fsp3) is 0.200. The van der Waals surface area contributed by atoms with Crippen molar-refractivity contribution in [2.45, 2.75) is 13.3 Å². The minimum atomic E-state index is -0.436. The molecule has 0 radical (unpaired) electrons. The highest BCUT2D eigenvalue weighted by molar-refractivity contribution is 8.26. The van der Waals surface area contributed by atoms with Gasteiger partial charge >= 0.3 is 0 Å². The number of hydrogen-bond acceptors (Lipinski definition) is 8. The molecule has 1 amide bonds. The van der Waals surface area contributed by atoms with Crippen LogP contribution in [0.3, 0.4) is 0 Å². The summed E-state index contributed by atoms with van der Waals surface area (Å²) in [5.41, 5.74) is 2.11. The van der Waals surface area contributed by atoms with Crippen LogP contribution in [0.5, 0.6) is 11.5 Å². The summed E-state index contributed by atoms with van der Waals surface area (Å²) in [6.07, 6.45) is 2.20. The van der Waals surface area contributed by atoms with Crippen molar-refractivity contribution in [2.75, 3.05) is 20.8 Å². The molecule has 0 bridgehead atoms. The molecule has 1 aliphatic rings. The molecule has 0 N–H and O–H groups in total. The van der Waals surface area contributed by atoms with Gasteiger partial charge in [0.25, 0.3) is 11.6 Å². The van der Waals surface area contributed by atoms with Gasteiger partial charge in [0.15, 0.2) is 11.5 Å². The van der Waals surface area contributed by atoms with Gasteiger partial charge in [-0.05, 0) is 54.8 Å². The highest BCUT2D eigenvalue weighted by Gasteiger charge is 2.32. The lowest BCUT2D eigenvalue weighted by molar-refractivity contribution is -0.384. The second-order valence-corrected chi connectivity index (χ2v) is 9.43. The lowest BCUT2D eigenvalue weighted by Crippen LogP contribution is -2.30. The number of methoxy groups -OCH3 is 2. The summed E-state index contributed by atoms with van der Waals surface area (Å²) in [5, 5.41) is 11.5. The Morgan fingerprint density at radius 3 is 2.60 bits per heavy atom. The second kappa shape index (κ2) is 10.3. The van der Waals surface area contributed by atoms with Gasteiger partial charge in [0.2, 0.25) is 0 Å². The molecule has 10 heteroatoms. The van der Waals surface area contributed by atoms with Gasteiger partial charge < -0.3 is 13.9 Å². The van der Waals surface area contributed by atoms with Gasteiger partial charge in [-0.3, -0.25) is 19.8 Å². The largest absolute Gasteiger partial charge is 0.493 e. The number of amides is 1. The molecule has 0 saturated carbocycles. The van der Waals surface area contributed by atoms with Crippen LogP contribution in [0, 0.1) is 17.0 Å². The van der Waals surface area contributed by atoms with Gasteiger partial charge in [-0.25, -0.2) is 0 Å². The molecule has 35 heavy (non-hydrogen) atoms. The maximum absolute atomic E-state index is 13.0. The van der Waals surface area contributed by atoms with E-state index in [4.69, 9.17) is 26.1 Å². The van der Waals surface area contributed by atoms with Crippen LogP contribution in [0.15, 0.2) is 57.9 Å². The lowest BCUT2D eigenvalue weighted by atomic mass is 10.1. The number of aryl methyl sites for hydroxylation is 1. The zero-order valence-corrected chi connectivity index (χ0v) is 20.9. The Hall–Kier alpha value is -3.63. The van der Waals surface area contributed by atoms with Crippen molar-refractivity contribution >= 4 is 46.0 Å². The third-order valence-corrected chi connectivity index (χ3v) is 6.84. The predicted octanol–water partition coefficient (Wildman–Crippen LogP) is 5.62. The number of rotatable bonds is 8. The lowest BCUT2D eigenvalue weighted by Gasteiger charge is -2.15. The van der Waals surface area contributed by atoms with E-state index in [-0.39, 0.29) is 11.6 Å². The highest BCUT2D eigenvalue weighted by Crippen LogP contribution is 2.36. The number of carbonyl (C=O) groups excluding carboxylic acids is 1. The summed E-state index contributed by atoms with van der Waals surface area (Å²) < 4.78 is 16.9. The molecule has 1 saturated heterocycles. The number of nitro benzene ring substituents is 1. The van der Waals surface area contributed by atoms with Crippen molar-refractivity contribution in [1.29, 1.82) is 0 Å². The third kappa shape index (κ3) is 5.23. The van der Waals surface area contributed by atoms with Crippen LogP contribution >= 0.6 is 24.0 Å². The average molecular weight is 511 g/mol. The molecule has 1 aromatic heterocycles. The van der Waals surface area contributed by atoms with E-state index in [1.54, 1.807) is 56.4 Å². The quantitative estimate of drug-likeness (QED) is 0.167. The van der Waals surface area contributed by atoms with Crippen LogP contribution in [0.2, 0.25) is 0 Å². The van der Waals surface area contributed by atoms with Crippen molar-refractivity contribution in [2.24, 2.45) is 0 Å². The average Bonchev–Trinajstić information content (AvgIpc) is 3.41. The summed E-state index contributed by atoms with van der Waals surface area (Å²) in [6.45, 7) is 2.20. The minimum absolute atomic E-state index is 0.0348. The molecular formula is C25H22N2O6S2. The number of carbonyl (C=O) groups is 1. The second-order valence-electron chi connectivity index (χ2n) is 7.75. The molecule has 8 nitrogen and oxygen atoms in total. The van der Waals surface area contributed by atoms with Crippen LogP contribution in [-0.4, -0.2) is 40.8 Å². The summed E-state index contributed by atoms with van der Waals surface area (Å²) in [4.78, 5) is 26.0. The SMILES string of the molecule is COc1ccc(CCN2C(=O)C(=Cc3ccc(-c4ccc(C)cc4[N+](=O)[O-])o3)SC2=S)cc1OC. The van der Waals surface area contributed by atoms with Crippen LogP contribution in [-0.2, 0) is 11.2 Å². The topological polar surface area (TPSA) is 95.0 Å². The molecule has 2 aromatic carbocycles. The molecule has 4 rings (SSSR count). The van der Waals surface area contributed by atoms with Crippen LogP contribution in [0.25, 0.3) is 17.4 Å². The van der Waals surface area contributed by atoms with Gasteiger partial charge in [0, 0.05) is 18.7 Å². The molecule has 1 aliphatic heterocycles. The van der Waals surface area contributed by atoms with Gasteiger partial charge in [-0.2, -0.15) is 0 Å². The van der Waals surface area contributed by atoms with Crippen molar-refractivity contribution in [3.8, 4) is 22.8 Å². The molecule has 0 unspecified atom stereocenters. The fourth-order valence-corrected chi connectivity index (χ4v) is 4.96. The number of hydrogen-bond donors (Lipinski definition) is 0. The van der Waals surface area contributed by atoms with E-state index in [1.807, 2.05) is 18.2 Å². The molecule has 1 fully saturated rings. The summed E-state index contributed by atoms with van der Waals surface area (Å²) in [5.74, 6) is 1.82. The molecule has 0 spiro atoms. The Kier molecular flexibility index (Phi) is 7.23. The number of nitrogens with zero attached hydrogens (tertiary/aromatic N) is 2. The molecule has 0 aliphatic carbocycles. The molecule has 180 valence electrons. The van der Waals surface area contributed by atoms with Crippen LogP contribution in [0.4, 0.5) is 5.69 Å².